The number of pyridine rings is 1. The molecule has 3 aromatic heterocycles. The third-order valence-corrected chi connectivity index (χ3v) is 10.9. The predicted octanol–water partition coefficient (Wildman–Crippen LogP) is 8.14. The quantitative estimate of drug-likeness (QED) is 0.102. The molecule has 0 radical (unpaired) electrons. The van der Waals surface area contributed by atoms with Crippen molar-refractivity contribution >= 4 is 28.6 Å². The number of nitrogens with two attached hydrogens (primary N) is 1. The number of anilines is 2. The van der Waals surface area contributed by atoms with Gasteiger partial charge in [-0.1, -0.05) is 77.7 Å². The minimum atomic E-state index is -0.298. The first kappa shape index (κ1) is 34.8. The molecule has 5 unspecified atom stereocenters. The zero-order valence-corrected chi connectivity index (χ0v) is 29.8. The van der Waals surface area contributed by atoms with Crippen LogP contribution in [0.25, 0.3) is 22.3 Å². The maximum Gasteiger partial charge on any atom is 0.260 e. The highest BCUT2D eigenvalue weighted by Gasteiger charge is 2.45. The number of nitrogens with one attached hydrogen (secondary N) is 2. The second-order valence-corrected chi connectivity index (χ2v) is 14.3. The lowest BCUT2D eigenvalue weighted by Gasteiger charge is -2.25. The fourth-order valence-corrected chi connectivity index (χ4v) is 8.39. The highest BCUT2D eigenvalue weighted by molar-refractivity contribution is 6.06. The molecular weight excluding hydrogens is 612 g/mol. The number of carbonyl (C=O) groups excluding carboxylic acids is 1. The normalized spacial score (nSPS) is 20.8. The molecule has 10 nitrogen and oxygen atoms in total. The van der Waals surface area contributed by atoms with Crippen molar-refractivity contribution < 1.29 is 9.53 Å². The summed E-state index contributed by atoms with van der Waals surface area (Å²) in [5.74, 6) is 3.09. The van der Waals surface area contributed by atoms with Crippen molar-refractivity contribution in [2.24, 2.45) is 17.8 Å². The largest absolute Gasteiger partial charge is 0.496 e. The summed E-state index contributed by atoms with van der Waals surface area (Å²) < 4.78 is 7.82. The zero-order chi connectivity index (χ0) is 34.3. The summed E-state index contributed by atoms with van der Waals surface area (Å²) in [6, 6.07) is 10.0. The lowest BCUT2D eigenvalue weighted by molar-refractivity contribution is 0.102. The van der Waals surface area contributed by atoms with Crippen LogP contribution in [0.15, 0.2) is 42.9 Å². The minimum absolute atomic E-state index is 0.238. The fraction of sp³-hybridized carbons (Fsp3) is 0.564. The van der Waals surface area contributed by atoms with E-state index in [4.69, 9.17) is 20.6 Å². The van der Waals surface area contributed by atoms with Crippen LogP contribution < -0.4 is 21.1 Å². The molecule has 1 amide bonds. The van der Waals surface area contributed by atoms with Crippen LogP contribution in [0.2, 0.25) is 0 Å². The van der Waals surface area contributed by atoms with Gasteiger partial charge in [0, 0.05) is 17.8 Å². The Morgan fingerprint density at radius 3 is 2.67 bits per heavy atom. The molecule has 262 valence electrons. The molecule has 0 bridgehead atoms. The molecule has 1 aliphatic heterocycles. The predicted molar refractivity (Wildman–Crippen MR) is 197 cm³/mol. The van der Waals surface area contributed by atoms with Crippen molar-refractivity contribution in [2.75, 3.05) is 24.7 Å². The van der Waals surface area contributed by atoms with Gasteiger partial charge in [0.2, 0.25) is 0 Å². The van der Waals surface area contributed by atoms with Crippen molar-refractivity contribution in [3.05, 3.63) is 54.0 Å². The average Bonchev–Trinajstić information content (AvgIpc) is 3.80. The molecule has 1 aromatic carbocycles. The molecule has 1 aliphatic carbocycles. The van der Waals surface area contributed by atoms with Crippen LogP contribution in [0.3, 0.4) is 0 Å². The van der Waals surface area contributed by atoms with Crippen LogP contribution in [0, 0.1) is 24.7 Å². The lowest BCUT2D eigenvalue weighted by atomic mass is 9.84. The van der Waals surface area contributed by atoms with E-state index in [0.717, 1.165) is 47.5 Å². The number of fused-ring (bicyclic) bond motifs is 2. The van der Waals surface area contributed by atoms with E-state index in [-0.39, 0.29) is 11.9 Å². The van der Waals surface area contributed by atoms with E-state index < -0.39 is 0 Å². The number of benzene rings is 1. The van der Waals surface area contributed by atoms with E-state index in [1.165, 1.54) is 70.5 Å². The van der Waals surface area contributed by atoms with Gasteiger partial charge in [-0.05, 0) is 80.3 Å². The SMILES string of the molecule is CCCCCCCCC(CCC)CC1NCC2CC(n3nc(-c4ccc(C(=O)Nc5cc(C)ccn5)c(OC)c4)c4c(N)ncnc43)CC21. The maximum absolute atomic E-state index is 13.2. The third-order valence-electron chi connectivity index (χ3n) is 10.9. The summed E-state index contributed by atoms with van der Waals surface area (Å²) in [4.78, 5) is 26.5. The average molecular weight is 667 g/mol. The van der Waals surface area contributed by atoms with Gasteiger partial charge in [0.15, 0.2) is 5.65 Å². The van der Waals surface area contributed by atoms with Gasteiger partial charge in [0.1, 0.15) is 29.4 Å². The lowest BCUT2D eigenvalue weighted by Crippen LogP contribution is -2.30. The van der Waals surface area contributed by atoms with Gasteiger partial charge in [-0.25, -0.2) is 19.6 Å². The van der Waals surface area contributed by atoms with E-state index in [1.807, 2.05) is 31.2 Å². The van der Waals surface area contributed by atoms with E-state index in [2.05, 4.69) is 39.1 Å². The molecule has 1 saturated carbocycles. The molecule has 1 saturated heterocycles. The number of methoxy groups -OCH3 is 1. The summed E-state index contributed by atoms with van der Waals surface area (Å²) in [6.07, 6.45) is 18.7. The number of nitrogen functional groups attached to an aromatic ring is 1. The van der Waals surface area contributed by atoms with E-state index in [1.54, 1.807) is 19.4 Å². The van der Waals surface area contributed by atoms with Crippen LogP contribution in [-0.2, 0) is 0 Å². The van der Waals surface area contributed by atoms with Crippen LogP contribution in [-0.4, -0.2) is 50.3 Å². The summed E-state index contributed by atoms with van der Waals surface area (Å²) in [6.45, 7) is 7.65. The van der Waals surface area contributed by atoms with Crippen molar-refractivity contribution in [3.63, 3.8) is 0 Å². The molecule has 2 fully saturated rings. The maximum atomic E-state index is 13.2. The second-order valence-electron chi connectivity index (χ2n) is 14.3. The van der Waals surface area contributed by atoms with Gasteiger partial charge in [0.05, 0.1) is 24.1 Å². The highest BCUT2D eigenvalue weighted by Crippen LogP contribution is 2.47. The first-order chi connectivity index (χ1) is 23.9. The molecule has 4 aromatic rings. The smallest absolute Gasteiger partial charge is 0.260 e. The Kier molecular flexibility index (Phi) is 11.4. The Hall–Kier alpha value is -4.05. The fourth-order valence-electron chi connectivity index (χ4n) is 8.39. The second kappa shape index (κ2) is 16.1. The van der Waals surface area contributed by atoms with Gasteiger partial charge in [-0.2, -0.15) is 5.10 Å². The molecule has 4 heterocycles. The van der Waals surface area contributed by atoms with Crippen LogP contribution in [0.5, 0.6) is 5.75 Å². The van der Waals surface area contributed by atoms with Crippen LogP contribution >= 0.6 is 0 Å². The molecule has 0 spiro atoms. The van der Waals surface area contributed by atoms with Gasteiger partial charge < -0.3 is 21.1 Å². The third kappa shape index (κ3) is 7.90. The molecule has 4 N–H and O–H groups in total. The van der Waals surface area contributed by atoms with E-state index >= 15 is 0 Å². The van der Waals surface area contributed by atoms with E-state index in [9.17, 15) is 4.79 Å². The number of aryl methyl sites for hydroxylation is 1. The number of nitrogens with zero attached hydrogens (tertiary/aromatic N) is 5. The number of hydrogen-bond acceptors (Lipinski definition) is 8. The Morgan fingerprint density at radius 2 is 1.88 bits per heavy atom. The number of aromatic nitrogens is 5. The van der Waals surface area contributed by atoms with Gasteiger partial charge in [0.25, 0.3) is 5.91 Å². The molecule has 2 aliphatic rings. The number of rotatable bonds is 16. The standard InChI is InChI=1S/C39H54N8O2/c1-5-7-8-9-10-11-13-26(12-6-2)19-32-31-22-29(20-28(31)23-42-32)47-38-35(37(40)43-24-44-38)36(46-47)27-14-15-30(33(21-27)49-4)39(48)45-34-18-25(3)16-17-41-34/h14-18,21,24,26,28-29,31-32,42H,5-13,19-20,22-23H2,1-4H3,(H2,40,43,44)(H,41,45,48). The Bertz CT molecular complexity index is 1720. The molecule has 49 heavy (non-hydrogen) atoms. The zero-order valence-electron chi connectivity index (χ0n) is 29.8. The van der Waals surface area contributed by atoms with Crippen LogP contribution in [0.4, 0.5) is 11.6 Å². The highest BCUT2D eigenvalue weighted by atomic mass is 16.5. The first-order valence-electron chi connectivity index (χ1n) is 18.5. The van der Waals surface area contributed by atoms with Crippen molar-refractivity contribution in [1.82, 2.24) is 30.0 Å². The van der Waals surface area contributed by atoms with Crippen molar-refractivity contribution in [1.29, 1.82) is 0 Å². The minimum Gasteiger partial charge on any atom is -0.496 e. The number of hydrogen-bond donors (Lipinski definition) is 3. The van der Waals surface area contributed by atoms with Crippen molar-refractivity contribution in [2.45, 2.75) is 110 Å². The Balaban J connectivity index is 1.20. The molecule has 6 rings (SSSR count). The molecule has 5 atom stereocenters. The van der Waals surface area contributed by atoms with Gasteiger partial charge >= 0.3 is 0 Å². The number of unbranched alkanes of at least 4 members (excludes halogenated alkanes) is 5. The summed E-state index contributed by atoms with van der Waals surface area (Å²) in [5, 5.41) is 12.7. The van der Waals surface area contributed by atoms with Gasteiger partial charge in [-0.15, -0.1) is 0 Å². The molecular formula is C39H54N8O2. The Morgan fingerprint density at radius 1 is 1.04 bits per heavy atom. The number of carbonyl (C=O) groups is 1. The van der Waals surface area contributed by atoms with E-state index in [0.29, 0.717) is 46.5 Å². The summed E-state index contributed by atoms with van der Waals surface area (Å²) >= 11 is 0. The number of ether oxygens (including phenoxy) is 1. The topological polar surface area (TPSA) is 133 Å². The van der Waals surface area contributed by atoms with Gasteiger partial charge in [-0.3, -0.25) is 4.79 Å². The number of amides is 1. The first-order valence-corrected chi connectivity index (χ1v) is 18.5. The van der Waals surface area contributed by atoms with Crippen LogP contribution in [0.1, 0.15) is 113 Å². The Labute approximate surface area is 291 Å². The summed E-state index contributed by atoms with van der Waals surface area (Å²) in [7, 11) is 1.56. The molecule has 10 heteroatoms. The summed E-state index contributed by atoms with van der Waals surface area (Å²) in [5.41, 5.74) is 10.2. The monoisotopic (exact) mass is 666 g/mol. The van der Waals surface area contributed by atoms with Crippen molar-refractivity contribution in [3.8, 4) is 17.0 Å².